The molecule has 2 aliphatic rings. The molecule has 1 amide bonds. The van der Waals surface area contributed by atoms with Gasteiger partial charge >= 0.3 is 0 Å². The first-order valence-corrected chi connectivity index (χ1v) is 9.61. The zero-order chi connectivity index (χ0) is 18.2. The fourth-order valence-electron chi connectivity index (χ4n) is 3.86. The molecule has 27 heavy (non-hydrogen) atoms. The molecule has 138 valence electrons. The largest absolute Gasteiger partial charge is 0.419 e. The van der Waals surface area contributed by atoms with Crippen molar-refractivity contribution in [3.63, 3.8) is 0 Å². The van der Waals surface area contributed by atoms with Crippen LogP contribution >= 0.6 is 0 Å². The van der Waals surface area contributed by atoms with Gasteiger partial charge in [0.25, 0.3) is 5.89 Å². The third-order valence-corrected chi connectivity index (χ3v) is 5.73. The molecule has 6 nitrogen and oxygen atoms in total. The summed E-state index contributed by atoms with van der Waals surface area (Å²) in [5.74, 6) is 1.74. The molecule has 1 saturated carbocycles. The van der Waals surface area contributed by atoms with Gasteiger partial charge in [-0.15, -0.1) is 10.2 Å². The summed E-state index contributed by atoms with van der Waals surface area (Å²) in [5.41, 5.74) is 3.39. The highest BCUT2D eigenvalue weighted by atomic mass is 16.4. The molecule has 3 aromatic rings. The van der Waals surface area contributed by atoms with Crippen LogP contribution in [-0.4, -0.2) is 32.1 Å². The Hall–Kier alpha value is -2.89. The lowest BCUT2D eigenvalue weighted by Gasteiger charge is -2.29. The van der Waals surface area contributed by atoms with Crippen LogP contribution in [0.4, 0.5) is 0 Å². The van der Waals surface area contributed by atoms with E-state index in [1.54, 1.807) is 0 Å². The first-order chi connectivity index (χ1) is 13.3. The molecular formula is C21H22N4O2. The van der Waals surface area contributed by atoms with E-state index in [0.29, 0.717) is 18.4 Å². The average Bonchev–Trinajstić information content (AvgIpc) is 3.29. The Bertz CT molecular complexity index is 970. The van der Waals surface area contributed by atoms with E-state index in [1.165, 1.54) is 17.5 Å². The lowest BCUT2D eigenvalue weighted by molar-refractivity contribution is -0.132. The number of hydrogen-bond donors (Lipinski definition) is 0. The molecule has 0 radical (unpaired) electrons. The van der Waals surface area contributed by atoms with Crippen molar-refractivity contribution in [1.82, 2.24) is 19.7 Å². The number of aromatic nitrogens is 3. The Labute approximate surface area is 157 Å². The predicted molar refractivity (Wildman–Crippen MR) is 99.9 cm³/mol. The van der Waals surface area contributed by atoms with E-state index in [2.05, 4.69) is 28.4 Å². The van der Waals surface area contributed by atoms with Gasteiger partial charge in [0.1, 0.15) is 12.2 Å². The smallest absolute Gasteiger partial charge is 0.264 e. The highest BCUT2D eigenvalue weighted by molar-refractivity contribution is 5.77. The summed E-state index contributed by atoms with van der Waals surface area (Å²) in [5, 5.41) is 8.41. The maximum Gasteiger partial charge on any atom is 0.264 e. The van der Waals surface area contributed by atoms with Crippen molar-refractivity contribution in [2.24, 2.45) is 0 Å². The molecule has 0 N–H and O–H groups in total. The fraction of sp³-hybridized carbons (Fsp3) is 0.381. The van der Waals surface area contributed by atoms with Crippen molar-refractivity contribution >= 4 is 5.91 Å². The standard InChI is InChI=1S/C21H22N4O2/c26-19(25-12-10-15-5-1-2-6-17(15)13-25)14-24-11-4-9-18(24)21-23-22-20(27-21)16-7-3-8-16/h1-2,4-6,9,11,16H,3,7-8,10,12-14H2. The van der Waals surface area contributed by atoms with E-state index in [0.717, 1.165) is 37.4 Å². The minimum atomic E-state index is 0.112. The third kappa shape index (κ3) is 3.05. The molecule has 1 fully saturated rings. The Morgan fingerprint density at radius 3 is 2.78 bits per heavy atom. The molecule has 1 aromatic carbocycles. The zero-order valence-electron chi connectivity index (χ0n) is 15.2. The second kappa shape index (κ2) is 6.68. The van der Waals surface area contributed by atoms with E-state index in [-0.39, 0.29) is 12.5 Å². The Morgan fingerprint density at radius 2 is 1.96 bits per heavy atom. The fourth-order valence-corrected chi connectivity index (χ4v) is 3.86. The number of nitrogens with zero attached hydrogens (tertiary/aromatic N) is 4. The summed E-state index contributed by atoms with van der Waals surface area (Å²) >= 11 is 0. The van der Waals surface area contributed by atoms with Gasteiger partial charge in [-0.1, -0.05) is 30.7 Å². The summed E-state index contributed by atoms with van der Waals surface area (Å²) < 4.78 is 7.78. The van der Waals surface area contributed by atoms with Crippen LogP contribution in [0.3, 0.4) is 0 Å². The number of benzene rings is 1. The van der Waals surface area contributed by atoms with Gasteiger partial charge in [-0.25, -0.2) is 0 Å². The van der Waals surface area contributed by atoms with Crippen molar-refractivity contribution in [1.29, 1.82) is 0 Å². The summed E-state index contributed by atoms with van der Waals surface area (Å²) in [6.07, 6.45) is 6.29. The van der Waals surface area contributed by atoms with Crippen molar-refractivity contribution in [2.45, 2.75) is 44.7 Å². The molecule has 0 saturated heterocycles. The Kier molecular flexibility index (Phi) is 4.03. The van der Waals surface area contributed by atoms with Gasteiger partial charge in [0.05, 0.1) is 0 Å². The highest BCUT2D eigenvalue weighted by Crippen LogP contribution is 2.36. The molecule has 0 bridgehead atoms. The minimum Gasteiger partial charge on any atom is -0.419 e. The van der Waals surface area contributed by atoms with Gasteiger partial charge < -0.3 is 13.9 Å². The normalized spacial score (nSPS) is 16.8. The molecular weight excluding hydrogens is 340 g/mol. The molecule has 2 aromatic heterocycles. The third-order valence-electron chi connectivity index (χ3n) is 5.73. The number of carbonyl (C=O) groups excluding carboxylic acids is 1. The van der Waals surface area contributed by atoms with Crippen LogP contribution in [0.2, 0.25) is 0 Å². The van der Waals surface area contributed by atoms with Crippen molar-refractivity contribution in [3.05, 3.63) is 59.6 Å². The maximum atomic E-state index is 12.9. The molecule has 0 spiro atoms. The molecule has 6 heteroatoms. The zero-order valence-corrected chi connectivity index (χ0v) is 15.2. The average molecular weight is 362 g/mol. The second-order valence-electron chi connectivity index (χ2n) is 7.43. The molecule has 0 unspecified atom stereocenters. The summed E-state index contributed by atoms with van der Waals surface area (Å²) in [7, 11) is 0. The van der Waals surface area contributed by atoms with E-state index in [9.17, 15) is 4.79 Å². The number of fused-ring (bicyclic) bond motifs is 1. The number of carbonyl (C=O) groups is 1. The lowest BCUT2D eigenvalue weighted by atomic mass is 9.85. The monoisotopic (exact) mass is 362 g/mol. The predicted octanol–water partition coefficient (Wildman–Crippen LogP) is 3.39. The number of amides is 1. The van der Waals surface area contributed by atoms with Crippen molar-refractivity contribution < 1.29 is 9.21 Å². The van der Waals surface area contributed by atoms with Crippen LogP contribution < -0.4 is 0 Å². The molecule has 5 rings (SSSR count). The SMILES string of the molecule is O=C(Cn1cccc1-c1nnc(C2CCC2)o1)N1CCc2ccccc2C1. The lowest BCUT2D eigenvalue weighted by Crippen LogP contribution is -2.38. The number of hydrogen-bond acceptors (Lipinski definition) is 4. The van der Waals surface area contributed by atoms with E-state index < -0.39 is 0 Å². The summed E-state index contributed by atoms with van der Waals surface area (Å²) in [6, 6.07) is 12.2. The van der Waals surface area contributed by atoms with Gasteiger partial charge in [-0.2, -0.15) is 0 Å². The van der Waals surface area contributed by atoms with Crippen LogP contribution in [0.1, 0.15) is 42.2 Å². The topological polar surface area (TPSA) is 64.2 Å². The summed E-state index contributed by atoms with van der Waals surface area (Å²) in [4.78, 5) is 14.8. The van der Waals surface area contributed by atoms with E-state index in [1.807, 2.05) is 33.9 Å². The van der Waals surface area contributed by atoms with Crippen LogP contribution in [-0.2, 0) is 24.3 Å². The van der Waals surface area contributed by atoms with Gasteiger partial charge in [0.2, 0.25) is 11.8 Å². The molecule has 1 aliphatic heterocycles. The Balaban J connectivity index is 1.31. The second-order valence-corrected chi connectivity index (χ2v) is 7.43. The van der Waals surface area contributed by atoms with Crippen molar-refractivity contribution in [2.75, 3.05) is 6.54 Å². The van der Waals surface area contributed by atoms with Crippen LogP contribution in [0.25, 0.3) is 11.6 Å². The van der Waals surface area contributed by atoms with Crippen LogP contribution in [0.5, 0.6) is 0 Å². The van der Waals surface area contributed by atoms with E-state index >= 15 is 0 Å². The molecule has 3 heterocycles. The molecule has 1 aliphatic carbocycles. The highest BCUT2D eigenvalue weighted by Gasteiger charge is 2.26. The minimum absolute atomic E-state index is 0.112. The first kappa shape index (κ1) is 16.3. The maximum absolute atomic E-state index is 12.9. The van der Waals surface area contributed by atoms with Crippen LogP contribution in [0, 0.1) is 0 Å². The van der Waals surface area contributed by atoms with Crippen LogP contribution in [0.15, 0.2) is 47.0 Å². The summed E-state index contributed by atoms with van der Waals surface area (Å²) in [6.45, 7) is 1.72. The van der Waals surface area contributed by atoms with Gasteiger partial charge in [-0.05, 0) is 42.5 Å². The quantitative estimate of drug-likeness (QED) is 0.714. The first-order valence-electron chi connectivity index (χ1n) is 9.61. The van der Waals surface area contributed by atoms with Gasteiger partial charge in [0.15, 0.2) is 0 Å². The van der Waals surface area contributed by atoms with Gasteiger partial charge in [0, 0.05) is 25.2 Å². The van der Waals surface area contributed by atoms with Gasteiger partial charge in [-0.3, -0.25) is 4.79 Å². The Morgan fingerprint density at radius 1 is 1.11 bits per heavy atom. The number of rotatable bonds is 4. The van der Waals surface area contributed by atoms with E-state index in [4.69, 9.17) is 4.42 Å². The van der Waals surface area contributed by atoms with Crippen molar-refractivity contribution in [3.8, 4) is 11.6 Å². The molecule has 0 atom stereocenters.